The molecular weight excluding hydrogens is 282 g/mol. The van der Waals surface area contributed by atoms with Gasteiger partial charge in [-0.25, -0.2) is 4.39 Å². The molecule has 2 rings (SSSR count). The van der Waals surface area contributed by atoms with Crippen LogP contribution in [0.15, 0.2) is 16.6 Å². The van der Waals surface area contributed by atoms with Crippen molar-refractivity contribution in [1.82, 2.24) is 0 Å². The van der Waals surface area contributed by atoms with Crippen LogP contribution in [0, 0.1) is 5.82 Å². The van der Waals surface area contributed by atoms with Crippen molar-refractivity contribution in [2.24, 2.45) is 0 Å². The summed E-state index contributed by atoms with van der Waals surface area (Å²) in [5, 5.41) is 9.54. The zero-order chi connectivity index (χ0) is 11.0. The molecule has 2 unspecified atom stereocenters. The molecule has 1 saturated carbocycles. The minimum Gasteiger partial charge on any atom is -0.393 e. The fourth-order valence-electron chi connectivity index (χ4n) is 2.10. The lowest BCUT2D eigenvalue weighted by molar-refractivity contribution is 0.181. The summed E-state index contributed by atoms with van der Waals surface area (Å²) in [7, 11) is 0. The molecule has 0 radical (unpaired) electrons. The number of halogens is 3. The number of hydrogen-bond donors (Lipinski definition) is 1. The second-order valence-corrected chi connectivity index (χ2v) is 5.16. The SMILES string of the molecule is OC1CCC(c2ccc(Br)c(Cl)c2F)C1. The molecule has 1 aromatic carbocycles. The molecule has 1 N–H and O–H groups in total. The Hall–Kier alpha value is -0.120. The van der Waals surface area contributed by atoms with Gasteiger partial charge in [0.1, 0.15) is 5.82 Å². The van der Waals surface area contributed by atoms with Gasteiger partial charge in [-0.1, -0.05) is 17.7 Å². The molecule has 0 aromatic heterocycles. The predicted molar refractivity (Wildman–Crippen MR) is 61.7 cm³/mol. The highest BCUT2D eigenvalue weighted by molar-refractivity contribution is 9.10. The molecule has 1 aliphatic carbocycles. The second kappa shape index (κ2) is 4.40. The Labute approximate surface area is 101 Å². The van der Waals surface area contributed by atoms with Crippen LogP contribution < -0.4 is 0 Å². The largest absolute Gasteiger partial charge is 0.393 e. The molecule has 0 saturated heterocycles. The minimum absolute atomic E-state index is 0.102. The third-order valence-electron chi connectivity index (χ3n) is 2.91. The minimum atomic E-state index is -0.356. The Morgan fingerprint density at radius 1 is 1.40 bits per heavy atom. The maximum Gasteiger partial charge on any atom is 0.146 e. The lowest BCUT2D eigenvalue weighted by atomic mass is 9.97. The predicted octanol–water partition coefficient (Wildman–Crippen LogP) is 3.87. The third kappa shape index (κ3) is 2.19. The second-order valence-electron chi connectivity index (χ2n) is 3.93. The Morgan fingerprint density at radius 3 is 2.73 bits per heavy atom. The van der Waals surface area contributed by atoms with Crippen molar-refractivity contribution >= 4 is 27.5 Å². The normalized spacial score (nSPS) is 25.9. The lowest BCUT2D eigenvalue weighted by Crippen LogP contribution is -2.01. The van der Waals surface area contributed by atoms with Gasteiger partial charge in [-0.05, 0) is 52.7 Å². The fraction of sp³-hybridized carbons (Fsp3) is 0.455. The van der Waals surface area contributed by atoms with Gasteiger partial charge in [0.25, 0.3) is 0 Å². The van der Waals surface area contributed by atoms with Gasteiger partial charge in [-0.3, -0.25) is 0 Å². The summed E-state index contributed by atoms with van der Waals surface area (Å²) in [4.78, 5) is 0. The van der Waals surface area contributed by atoms with Gasteiger partial charge >= 0.3 is 0 Å². The van der Waals surface area contributed by atoms with Crippen molar-refractivity contribution in [2.75, 3.05) is 0 Å². The highest BCUT2D eigenvalue weighted by Gasteiger charge is 2.27. The number of aliphatic hydroxyl groups excluding tert-OH is 1. The van der Waals surface area contributed by atoms with Crippen molar-refractivity contribution in [3.05, 3.63) is 33.0 Å². The van der Waals surface area contributed by atoms with Gasteiger partial charge in [0.05, 0.1) is 11.1 Å². The first-order valence-electron chi connectivity index (χ1n) is 4.91. The molecule has 1 aliphatic rings. The van der Waals surface area contributed by atoms with Crippen molar-refractivity contribution < 1.29 is 9.50 Å². The molecule has 4 heteroatoms. The summed E-state index contributed by atoms with van der Waals surface area (Å²) in [5.41, 5.74) is 0.625. The van der Waals surface area contributed by atoms with E-state index in [0.717, 1.165) is 12.8 Å². The van der Waals surface area contributed by atoms with Gasteiger partial charge in [0.15, 0.2) is 0 Å². The molecule has 1 nitrogen and oxygen atoms in total. The van der Waals surface area contributed by atoms with Crippen LogP contribution in [0.1, 0.15) is 30.7 Å². The van der Waals surface area contributed by atoms with Crippen LogP contribution in [0.2, 0.25) is 5.02 Å². The molecule has 0 spiro atoms. The topological polar surface area (TPSA) is 20.2 Å². The van der Waals surface area contributed by atoms with E-state index in [2.05, 4.69) is 15.9 Å². The highest BCUT2D eigenvalue weighted by Crippen LogP contribution is 2.39. The Bertz CT molecular complexity index is 383. The van der Waals surface area contributed by atoms with E-state index >= 15 is 0 Å². The first kappa shape index (κ1) is 11.4. The fourth-order valence-corrected chi connectivity index (χ4v) is 2.57. The van der Waals surface area contributed by atoms with E-state index < -0.39 is 0 Å². The first-order chi connectivity index (χ1) is 7.09. The molecule has 1 aromatic rings. The van der Waals surface area contributed by atoms with Gasteiger partial charge in [-0.15, -0.1) is 0 Å². The average molecular weight is 294 g/mol. The molecule has 0 amide bonds. The maximum atomic E-state index is 13.8. The summed E-state index contributed by atoms with van der Waals surface area (Å²) >= 11 is 8.99. The zero-order valence-electron chi connectivity index (χ0n) is 8.01. The number of benzene rings is 1. The molecule has 1 fully saturated rings. The third-order valence-corrected chi connectivity index (χ3v) is 4.17. The first-order valence-corrected chi connectivity index (χ1v) is 6.08. The van der Waals surface area contributed by atoms with Gasteiger partial charge in [-0.2, -0.15) is 0 Å². The van der Waals surface area contributed by atoms with Crippen LogP contribution in [-0.4, -0.2) is 11.2 Å². The number of hydrogen-bond acceptors (Lipinski definition) is 1. The van der Waals surface area contributed by atoms with E-state index in [0.29, 0.717) is 16.5 Å². The molecule has 0 bridgehead atoms. The van der Waals surface area contributed by atoms with E-state index in [4.69, 9.17) is 11.6 Å². The van der Waals surface area contributed by atoms with Crippen LogP contribution in [-0.2, 0) is 0 Å². The molecule has 15 heavy (non-hydrogen) atoms. The molecule has 0 aliphatic heterocycles. The molecule has 2 atom stereocenters. The van der Waals surface area contributed by atoms with Crippen LogP contribution >= 0.6 is 27.5 Å². The quantitative estimate of drug-likeness (QED) is 0.779. The Kier molecular flexibility index (Phi) is 3.33. The highest BCUT2D eigenvalue weighted by atomic mass is 79.9. The Morgan fingerprint density at radius 2 is 2.13 bits per heavy atom. The maximum absolute atomic E-state index is 13.8. The Balaban J connectivity index is 2.33. The van der Waals surface area contributed by atoms with Crippen LogP contribution in [0.4, 0.5) is 4.39 Å². The van der Waals surface area contributed by atoms with Crippen molar-refractivity contribution in [2.45, 2.75) is 31.3 Å². The number of rotatable bonds is 1. The van der Waals surface area contributed by atoms with Gasteiger partial charge < -0.3 is 5.11 Å². The van der Waals surface area contributed by atoms with Crippen LogP contribution in [0.3, 0.4) is 0 Å². The summed E-state index contributed by atoms with van der Waals surface area (Å²) < 4.78 is 14.4. The van der Waals surface area contributed by atoms with Crippen LogP contribution in [0.5, 0.6) is 0 Å². The number of aliphatic hydroxyl groups is 1. The summed E-state index contributed by atoms with van der Waals surface area (Å²) in [6.07, 6.45) is 1.92. The van der Waals surface area contributed by atoms with Crippen molar-refractivity contribution in [3.8, 4) is 0 Å². The van der Waals surface area contributed by atoms with Crippen molar-refractivity contribution in [3.63, 3.8) is 0 Å². The zero-order valence-corrected chi connectivity index (χ0v) is 10.4. The molecule has 0 heterocycles. The van der Waals surface area contributed by atoms with Gasteiger partial charge in [0, 0.05) is 4.47 Å². The smallest absolute Gasteiger partial charge is 0.146 e. The summed E-state index contributed by atoms with van der Waals surface area (Å²) in [6.45, 7) is 0. The average Bonchev–Trinajstić information content (AvgIpc) is 2.61. The molecular formula is C11H11BrClFO. The summed E-state index contributed by atoms with van der Waals surface area (Å²) in [6, 6.07) is 3.50. The van der Waals surface area contributed by atoms with Crippen LogP contribution in [0.25, 0.3) is 0 Å². The van der Waals surface area contributed by atoms with E-state index in [-0.39, 0.29) is 22.9 Å². The lowest BCUT2D eigenvalue weighted by Gasteiger charge is -2.12. The van der Waals surface area contributed by atoms with Crippen molar-refractivity contribution in [1.29, 1.82) is 0 Å². The standard InChI is InChI=1S/C11H11BrClFO/c12-9-4-3-8(11(14)10(9)13)6-1-2-7(15)5-6/h3-4,6-7,15H,1-2,5H2. The van der Waals surface area contributed by atoms with E-state index in [9.17, 15) is 9.50 Å². The monoisotopic (exact) mass is 292 g/mol. The van der Waals surface area contributed by atoms with E-state index in [1.807, 2.05) is 0 Å². The van der Waals surface area contributed by atoms with E-state index in [1.54, 1.807) is 12.1 Å². The summed E-state index contributed by atoms with van der Waals surface area (Å²) in [5.74, 6) is -0.254. The molecule has 82 valence electrons. The van der Waals surface area contributed by atoms with Gasteiger partial charge in [0.2, 0.25) is 0 Å². The van der Waals surface area contributed by atoms with E-state index in [1.165, 1.54) is 0 Å².